The van der Waals surface area contributed by atoms with E-state index in [2.05, 4.69) is 4.98 Å². The van der Waals surface area contributed by atoms with Crippen molar-refractivity contribution >= 4 is 28.9 Å². The Kier molecular flexibility index (Phi) is 3.45. The van der Waals surface area contributed by atoms with Crippen LogP contribution >= 0.6 is 22.9 Å². The average Bonchev–Trinajstić information content (AvgIpc) is 2.73. The van der Waals surface area contributed by atoms with Gasteiger partial charge < -0.3 is 5.11 Å². The highest BCUT2D eigenvalue weighted by Gasteiger charge is 2.17. The molecule has 0 atom stereocenters. The quantitative estimate of drug-likeness (QED) is 0.922. The van der Waals surface area contributed by atoms with Crippen molar-refractivity contribution in [1.82, 2.24) is 4.98 Å². The summed E-state index contributed by atoms with van der Waals surface area (Å²) in [6.45, 7) is 1.89. The Labute approximate surface area is 108 Å². The molecule has 1 aromatic heterocycles. The second-order valence-electron chi connectivity index (χ2n) is 3.43. The number of carboxylic acid groups (broad SMARTS) is 1. The number of nitrogens with zero attached hydrogens (tertiary/aromatic N) is 1. The van der Waals surface area contributed by atoms with Crippen molar-refractivity contribution in [2.45, 2.75) is 13.3 Å². The van der Waals surface area contributed by atoms with Crippen LogP contribution in [0, 0.1) is 0 Å². The van der Waals surface area contributed by atoms with Crippen LogP contribution in [-0.4, -0.2) is 16.1 Å². The monoisotopic (exact) mass is 267 g/mol. The number of hydrogen-bond acceptors (Lipinski definition) is 3. The fourth-order valence-electron chi connectivity index (χ4n) is 1.51. The predicted molar refractivity (Wildman–Crippen MR) is 68.9 cm³/mol. The number of aromatic nitrogens is 1. The van der Waals surface area contributed by atoms with Gasteiger partial charge in [-0.25, -0.2) is 9.78 Å². The third-order valence-corrected chi connectivity index (χ3v) is 3.78. The minimum absolute atomic E-state index is 0.294. The van der Waals surface area contributed by atoms with Gasteiger partial charge in [-0.05, 0) is 12.5 Å². The van der Waals surface area contributed by atoms with Crippen LogP contribution in [0.2, 0.25) is 5.02 Å². The van der Waals surface area contributed by atoms with Crippen molar-refractivity contribution < 1.29 is 9.90 Å². The third-order valence-electron chi connectivity index (χ3n) is 2.33. The van der Waals surface area contributed by atoms with Crippen LogP contribution in [0.3, 0.4) is 0 Å². The maximum Gasteiger partial charge on any atom is 0.347 e. The van der Waals surface area contributed by atoms with Crippen LogP contribution in [0.25, 0.3) is 10.6 Å². The molecule has 1 N–H and O–H groups in total. The number of aryl methyl sites for hydroxylation is 1. The minimum atomic E-state index is -0.933. The lowest BCUT2D eigenvalue weighted by Crippen LogP contribution is -1.97. The van der Waals surface area contributed by atoms with E-state index in [9.17, 15) is 4.79 Å². The molecule has 17 heavy (non-hydrogen) atoms. The first-order valence-corrected chi connectivity index (χ1v) is 6.30. The number of thiazole rings is 1. The summed E-state index contributed by atoms with van der Waals surface area (Å²) in [5.74, 6) is -0.933. The van der Waals surface area contributed by atoms with E-state index < -0.39 is 5.97 Å². The topological polar surface area (TPSA) is 50.2 Å². The summed E-state index contributed by atoms with van der Waals surface area (Å²) in [5, 5.41) is 10.3. The number of halogens is 1. The van der Waals surface area contributed by atoms with Gasteiger partial charge in [-0.1, -0.05) is 36.7 Å². The Morgan fingerprint density at radius 1 is 1.47 bits per heavy atom. The van der Waals surface area contributed by atoms with E-state index in [0.29, 0.717) is 27.0 Å². The number of carboxylic acids is 1. The van der Waals surface area contributed by atoms with E-state index in [1.54, 1.807) is 6.07 Å². The first-order valence-electron chi connectivity index (χ1n) is 5.11. The molecule has 5 heteroatoms. The highest BCUT2D eigenvalue weighted by Crippen LogP contribution is 2.32. The van der Waals surface area contributed by atoms with Gasteiger partial charge in [0.15, 0.2) is 0 Å². The molecule has 0 radical (unpaired) electrons. The summed E-state index contributed by atoms with van der Waals surface area (Å²) < 4.78 is 0. The molecule has 88 valence electrons. The zero-order chi connectivity index (χ0) is 12.4. The Hall–Kier alpha value is -1.39. The number of aromatic carboxylic acids is 1. The van der Waals surface area contributed by atoms with Crippen LogP contribution in [0.5, 0.6) is 0 Å². The molecule has 2 aromatic rings. The summed E-state index contributed by atoms with van der Waals surface area (Å²) in [7, 11) is 0. The Bertz CT molecular complexity index is 565. The molecule has 0 spiro atoms. The highest BCUT2D eigenvalue weighted by molar-refractivity contribution is 7.17. The summed E-state index contributed by atoms with van der Waals surface area (Å²) in [5.41, 5.74) is 1.39. The normalized spacial score (nSPS) is 10.5. The SMILES string of the molecule is CCc1nc(-c2ccccc2Cl)sc1C(=O)O. The van der Waals surface area contributed by atoms with Crippen molar-refractivity contribution in [3.05, 3.63) is 39.9 Å². The molecule has 1 heterocycles. The highest BCUT2D eigenvalue weighted by atomic mass is 35.5. The van der Waals surface area contributed by atoms with E-state index in [0.717, 1.165) is 16.9 Å². The van der Waals surface area contributed by atoms with E-state index >= 15 is 0 Å². The molecule has 0 bridgehead atoms. The molecule has 0 fully saturated rings. The molecule has 0 saturated carbocycles. The minimum Gasteiger partial charge on any atom is -0.477 e. The molecular formula is C12H10ClNO2S. The van der Waals surface area contributed by atoms with Gasteiger partial charge in [-0.3, -0.25) is 0 Å². The van der Waals surface area contributed by atoms with Crippen LogP contribution in [0.4, 0.5) is 0 Å². The lowest BCUT2D eigenvalue weighted by atomic mass is 10.2. The molecule has 2 rings (SSSR count). The maximum atomic E-state index is 11.0. The van der Waals surface area contributed by atoms with Crippen molar-refractivity contribution in [3.63, 3.8) is 0 Å². The first-order chi connectivity index (χ1) is 8.13. The van der Waals surface area contributed by atoms with Gasteiger partial charge in [0.2, 0.25) is 0 Å². The smallest absolute Gasteiger partial charge is 0.347 e. The summed E-state index contributed by atoms with van der Waals surface area (Å²) in [6.07, 6.45) is 0.600. The third kappa shape index (κ3) is 2.33. The fourth-order valence-corrected chi connectivity index (χ4v) is 2.82. The predicted octanol–water partition coefficient (Wildman–Crippen LogP) is 3.72. The van der Waals surface area contributed by atoms with Gasteiger partial charge >= 0.3 is 5.97 Å². The average molecular weight is 268 g/mol. The molecule has 0 aliphatic carbocycles. The second kappa shape index (κ2) is 4.85. The van der Waals surface area contributed by atoms with Gasteiger partial charge in [0.1, 0.15) is 9.88 Å². The number of rotatable bonds is 3. The van der Waals surface area contributed by atoms with Gasteiger partial charge in [-0.2, -0.15) is 0 Å². The van der Waals surface area contributed by atoms with E-state index in [1.165, 1.54) is 0 Å². The Morgan fingerprint density at radius 3 is 2.71 bits per heavy atom. The molecule has 0 unspecified atom stereocenters. The molecule has 0 amide bonds. The maximum absolute atomic E-state index is 11.0. The summed E-state index contributed by atoms with van der Waals surface area (Å²) >= 11 is 7.23. The van der Waals surface area contributed by atoms with Gasteiger partial charge in [0.05, 0.1) is 10.7 Å². The lowest BCUT2D eigenvalue weighted by molar-refractivity contribution is 0.0701. The molecule has 1 aromatic carbocycles. The first kappa shape index (κ1) is 12.1. The standard InChI is InChI=1S/C12H10ClNO2S/c1-2-9-10(12(15)16)17-11(14-9)7-5-3-4-6-8(7)13/h3-6H,2H2,1H3,(H,15,16). The van der Waals surface area contributed by atoms with Crippen LogP contribution in [-0.2, 0) is 6.42 Å². The number of carbonyl (C=O) groups is 1. The van der Waals surface area contributed by atoms with Crippen LogP contribution in [0.15, 0.2) is 24.3 Å². The molecular weight excluding hydrogens is 258 g/mol. The van der Waals surface area contributed by atoms with Crippen molar-refractivity contribution in [1.29, 1.82) is 0 Å². The Balaban J connectivity index is 2.54. The van der Waals surface area contributed by atoms with E-state index in [4.69, 9.17) is 16.7 Å². The van der Waals surface area contributed by atoms with Gasteiger partial charge in [0.25, 0.3) is 0 Å². The van der Waals surface area contributed by atoms with Crippen molar-refractivity contribution in [2.24, 2.45) is 0 Å². The number of hydrogen-bond donors (Lipinski definition) is 1. The number of benzene rings is 1. The van der Waals surface area contributed by atoms with Gasteiger partial charge in [-0.15, -0.1) is 11.3 Å². The molecule has 3 nitrogen and oxygen atoms in total. The van der Waals surface area contributed by atoms with E-state index in [1.807, 2.05) is 25.1 Å². The zero-order valence-corrected chi connectivity index (χ0v) is 10.7. The van der Waals surface area contributed by atoms with Crippen LogP contribution < -0.4 is 0 Å². The van der Waals surface area contributed by atoms with Crippen molar-refractivity contribution in [3.8, 4) is 10.6 Å². The zero-order valence-electron chi connectivity index (χ0n) is 9.11. The van der Waals surface area contributed by atoms with Gasteiger partial charge in [0, 0.05) is 5.56 Å². The van der Waals surface area contributed by atoms with Crippen LogP contribution in [0.1, 0.15) is 22.3 Å². The molecule has 0 aliphatic heterocycles. The summed E-state index contributed by atoms with van der Waals surface area (Å²) in [4.78, 5) is 15.7. The second-order valence-corrected chi connectivity index (χ2v) is 4.84. The molecule has 0 aliphatic rings. The summed E-state index contributed by atoms with van der Waals surface area (Å²) in [6, 6.07) is 7.30. The molecule has 0 saturated heterocycles. The largest absolute Gasteiger partial charge is 0.477 e. The van der Waals surface area contributed by atoms with E-state index in [-0.39, 0.29) is 0 Å². The van der Waals surface area contributed by atoms with Crippen molar-refractivity contribution in [2.75, 3.05) is 0 Å². The Morgan fingerprint density at radius 2 is 2.18 bits per heavy atom. The fraction of sp³-hybridized carbons (Fsp3) is 0.167. The lowest BCUT2D eigenvalue weighted by Gasteiger charge is -1.97.